The molecule has 1 amide bonds. The van der Waals surface area contributed by atoms with Gasteiger partial charge in [-0.25, -0.2) is 13.1 Å². The van der Waals surface area contributed by atoms with Gasteiger partial charge in [-0.2, -0.15) is 5.10 Å². The molecule has 1 aromatic heterocycles. The first-order valence-corrected chi connectivity index (χ1v) is 12.3. The third kappa shape index (κ3) is 3.67. The molecule has 2 aromatic rings. The smallest absolute Gasteiger partial charge is 0.258 e. The molecule has 0 aliphatic heterocycles. The fourth-order valence-electron chi connectivity index (χ4n) is 6.15. The average Bonchev–Trinajstić information content (AvgIpc) is 3.16. The van der Waals surface area contributed by atoms with Crippen molar-refractivity contribution in [3.05, 3.63) is 42.2 Å². The maximum atomic E-state index is 13.1. The topological polar surface area (TPSA) is 93.1 Å². The molecule has 7 nitrogen and oxygen atoms in total. The molecule has 1 heterocycles. The molecule has 0 atom stereocenters. The summed E-state index contributed by atoms with van der Waals surface area (Å²) in [6.45, 7) is 2.64. The number of hydrogen-bond donors (Lipinski definition) is 2. The lowest BCUT2D eigenvalue weighted by molar-refractivity contribution is -0.00810. The van der Waals surface area contributed by atoms with Crippen molar-refractivity contribution in [2.24, 2.45) is 17.8 Å². The Kier molecular flexibility index (Phi) is 4.74. The standard InChI is InChI=1S/C22H28N4O3S/c1-2-26-14-18(13-23-26)21(27)24-19-3-5-20(6-4-19)30(28,29)25-22-10-15-7-16(11-22)9-17(8-15)12-22/h3-6,13-17,25H,2,7-12H2,1H3,(H,24,27). The molecule has 4 bridgehead atoms. The summed E-state index contributed by atoms with van der Waals surface area (Å²) >= 11 is 0. The quantitative estimate of drug-likeness (QED) is 0.737. The lowest BCUT2D eigenvalue weighted by Gasteiger charge is -2.56. The predicted molar refractivity (Wildman–Crippen MR) is 114 cm³/mol. The zero-order chi connectivity index (χ0) is 20.9. The van der Waals surface area contributed by atoms with Crippen molar-refractivity contribution in [3.8, 4) is 0 Å². The summed E-state index contributed by atoms with van der Waals surface area (Å²) in [7, 11) is -3.60. The van der Waals surface area contributed by atoms with Gasteiger partial charge in [0.15, 0.2) is 0 Å². The summed E-state index contributed by atoms with van der Waals surface area (Å²) < 4.78 is 31.0. The van der Waals surface area contributed by atoms with Gasteiger partial charge in [-0.1, -0.05) is 0 Å². The Balaban J connectivity index is 1.28. The van der Waals surface area contributed by atoms with Crippen LogP contribution in [0.5, 0.6) is 0 Å². The van der Waals surface area contributed by atoms with E-state index in [1.54, 1.807) is 35.1 Å². The second kappa shape index (κ2) is 7.20. The van der Waals surface area contributed by atoms with Gasteiger partial charge in [-0.05, 0) is 87.5 Å². The minimum Gasteiger partial charge on any atom is -0.322 e. The number of aromatic nitrogens is 2. The molecule has 30 heavy (non-hydrogen) atoms. The van der Waals surface area contributed by atoms with Gasteiger partial charge in [0.25, 0.3) is 5.91 Å². The van der Waals surface area contributed by atoms with E-state index in [0.29, 0.717) is 35.5 Å². The highest BCUT2D eigenvalue weighted by molar-refractivity contribution is 7.89. The van der Waals surface area contributed by atoms with Crippen molar-refractivity contribution in [1.82, 2.24) is 14.5 Å². The minimum absolute atomic E-state index is 0.245. The molecule has 1 aromatic carbocycles. The number of nitrogens with zero attached hydrogens (tertiary/aromatic N) is 2. The van der Waals surface area contributed by atoms with Crippen LogP contribution in [0.25, 0.3) is 0 Å². The predicted octanol–water partition coefficient (Wildman–Crippen LogP) is 3.40. The van der Waals surface area contributed by atoms with Gasteiger partial charge in [-0.15, -0.1) is 0 Å². The van der Waals surface area contributed by atoms with E-state index in [1.165, 1.54) is 25.5 Å². The molecule has 6 rings (SSSR count). The maximum Gasteiger partial charge on any atom is 0.258 e. The highest BCUT2D eigenvalue weighted by atomic mass is 32.2. The van der Waals surface area contributed by atoms with Crippen molar-refractivity contribution in [3.63, 3.8) is 0 Å². The molecule has 4 fully saturated rings. The normalized spacial score (nSPS) is 29.8. The molecule has 2 N–H and O–H groups in total. The molecular formula is C22H28N4O3S. The second-order valence-electron chi connectivity index (χ2n) is 9.37. The zero-order valence-electron chi connectivity index (χ0n) is 17.2. The molecule has 160 valence electrons. The Bertz CT molecular complexity index is 1020. The van der Waals surface area contributed by atoms with Gasteiger partial charge in [0.05, 0.1) is 16.7 Å². The van der Waals surface area contributed by atoms with Crippen molar-refractivity contribution in [1.29, 1.82) is 0 Å². The third-order valence-corrected chi connectivity index (χ3v) is 8.63. The van der Waals surface area contributed by atoms with Gasteiger partial charge in [0.1, 0.15) is 0 Å². The molecule has 4 aliphatic rings. The van der Waals surface area contributed by atoms with Crippen LogP contribution in [0, 0.1) is 17.8 Å². The molecule has 0 unspecified atom stereocenters. The number of hydrogen-bond acceptors (Lipinski definition) is 4. The van der Waals surface area contributed by atoms with Crippen molar-refractivity contribution in [2.75, 3.05) is 5.32 Å². The van der Waals surface area contributed by atoms with E-state index in [2.05, 4.69) is 15.1 Å². The van der Waals surface area contributed by atoms with Gasteiger partial charge in [0, 0.05) is 24.0 Å². The van der Waals surface area contributed by atoms with Crippen LogP contribution in [-0.2, 0) is 16.6 Å². The SMILES string of the molecule is CCn1cc(C(=O)Nc2ccc(S(=O)(=O)NC34CC5CC(CC(C5)C3)C4)cc2)cn1. The van der Waals surface area contributed by atoms with E-state index in [4.69, 9.17) is 0 Å². The zero-order valence-corrected chi connectivity index (χ0v) is 18.0. The summed E-state index contributed by atoms with van der Waals surface area (Å²) in [5.41, 5.74) is 0.759. The molecule has 4 aliphatic carbocycles. The first-order chi connectivity index (χ1) is 14.3. The molecule has 0 spiro atoms. The number of anilines is 1. The number of carbonyl (C=O) groups excluding carboxylic acids is 1. The van der Waals surface area contributed by atoms with E-state index in [1.807, 2.05) is 6.92 Å². The van der Waals surface area contributed by atoms with Gasteiger partial charge < -0.3 is 5.32 Å². The van der Waals surface area contributed by atoms with Crippen LogP contribution < -0.4 is 10.0 Å². The number of rotatable bonds is 6. The molecule has 0 radical (unpaired) electrons. The number of carbonyl (C=O) groups is 1. The maximum absolute atomic E-state index is 13.1. The van der Waals surface area contributed by atoms with Crippen LogP contribution in [0.3, 0.4) is 0 Å². The fourth-order valence-corrected chi connectivity index (χ4v) is 7.59. The summed E-state index contributed by atoms with van der Waals surface area (Å²) in [4.78, 5) is 12.6. The Hall–Kier alpha value is -2.19. The Morgan fingerprint density at radius 2 is 1.70 bits per heavy atom. The average molecular weight is 429 g/mol. The lowest BCUT2D eigenvalue weighted by Crippen LogP contribution is -2.59. The summed E-state index contributed by atoms with van der Waals surface area (Å²) in [6, 6.07) is 6.40. The third-order valence-electron chi connectivity index (χ3n) is 7.03. The van der Waals surface area contributed by atoms with Crippen molar-refractivity contribution < 1.29 is 13.2 Å². The first-order valence-electron chi connectivity index (χ1n) is 10.8. The van der Waals surface area contributed by atoms with Crippen LogP contribution in [0.2, 0.25) is 0 Å². The van der Waals surface area contributed by atoms with Gasteiger partial charge >= 0.3 is 0 Å². The van der Waals surface area contributed by atoms with E-state index in [0.717, 1.165) is 19.3 Å². The van der Waals surface area contributed by atoms with E-state index in [-0.39, 0.29) is 16.3 Å². The number of benzene rings is 1. The fraction of sp³-hybridized carbons (Fsp3) is 0.545. The number of amides is 1. The van der Waals surface area contributed by atoms with E-state index < -0.39 is 10.0 Å². The van der Waals surface area contributed by atoms with Gasteiger partial charge in [-0.3, -0.25) is 9.48 Å². The monoisotopic (exact) mass is 428 g/mol. The molecule has 4 saturated carbocycles. The summed E-state index contributed by atoms with van der Waals surface area (Å²) in [6.07, 6.45) is 9.93. The van der Waals surface area contributed by atoms with E-state index >= 15 is 0 Å². The second-order valence-corrected chi connectivity index (χ2v) is 11.0. The van der Waals surface area contributed by atoms with Crippen LogP contribution in [0.15, 0.2) is 41.6 Å². The largest absolute Gasteiger partial charge is 0.322 e. The number of nitrogens with one attached hydrogen (secondary N) is 2. The van der Waals surface area contributed by atoms with Crippen LogP contribution in [-0.4, -0.2) is 29.6 Å². The highest BCUT2D eigenvalue weighted by Crippen LogP contribution is 2.55. The van der Waals surface area contributed by atoms with Gasteiger partial charge in [0.2, 0.25) is 10.0 Å². The van der Waals surface area contributed by atoms with Crippen LogP contribution in [0.4, 0.5) is 5.69 Å². The summed E-state index contributed by atoms with van der Waals surface area (Å²) in [5.74, 6) is 1.76. The Labute approximate surface area is 177 Å². The lowest BCUT2D eigenvalue weighted by atomic mass is 9.53. The van der Waals surface area contributed by atoms with E-state index in [9.17, 15) is 13.2 Å². The molecule has 8 heteroatoms. The minimum atomic E-state index is -3.60. The van der Waals surface area contributed by atoms with Crippen molar-refractivity contribution >= 4 is 21.6 Å². The Morgan fingerprint density at radius 3 is 2.23 bits per heavy atom. The Morgan fingerprint density at radius 1 is 1.10 bits per heavy atom. The van der Waals surface area contributed by atoms with Crippen LogP contribution >= 0.6 is 0 Å². The first kappa shape index (κ1) is 19.8. The summed E-state index contributed by atoms with van der Waals surface area (Å²) in [5, 5.41) is 6.89. The number of aryl methyl sites for hydroxylation is 1. The highest BCUT2D eigenvalue weighted by Gasteiger charge is 2.52. The molecular weight excluding hydrogens is 400 g/mol. The van der Waals surface area contributed by atoms with Crippen molar-refractivity contribution in [2.45, 2.75) is 62.4 Å². The van der Waals surface area contributed by atoms with Crippen LogP contribution in [0.1, 0.15) is 55.8 Å². The number of sulfonamides is 1. The molecule has 0 saturated heterocycles.